The number of carbonyl (C=O) groups is 1. The summed E-state index contributed by atoms with van der Waals surface area (Å²) in [7, 11) is 1.50. The third kappa shape index (κ3) is 3.73. The molecule has 20 heavy (non-hydrogen) atoms. The second-order valence-corrected chi connectivity index (χ2v) is 6.09. The van der Waals surface area contributed by atoms with Gasteiger partial charge < -0.3 is 15.0 Å². The van der Waals surface area contributed by atoms with Crippen molar-refractivity contribution in [2.75, 3.05) is 26.7 Å². The zero-order valence-electron chi connectivity index (χ0n) is 13.9. The Balaban J connectivity index is 2.73. The van der Waals surface area contributed by atoms with Gasteiger partial charge in [0, 0.05) is 6.04 Å². The largest absolute Gasteiger partial charge is 0.468 e. The Kier molecular flexibility index (Phi) is 6.96. The summed E-state index contributed by atoms with van der Waals surface area (Å²) in [5.74, 6) is 0.317. The normalized spacial score (nSPS) is 26.4. The number of hydrogen-bond donors (Lipinski definition) is 1. The van der Waals surface area contributed by atoms with E-state index < -0.39 is 5.54 Å². The van der Waals surface area contributed by atoms with Crippen molar-refractivity contribution in [2.45, 2.75) is 65.0 Å². The standard InChI is InChI=1S/C16H32N2O2/c1-6-17-16(15(19)20-5)11-8-9-14(16)10-12-18(7-2)13(3)4/h13-14,17H,6-12H2,1-5H3. The van der Waals surface area contributed by atoms with Crippen LogP contribution in [0, 0.1) is 5.92 Å². The van der Waals surface area contributed by atoms with E-state index in [0.29, 0.717) is 12.0 Å². The maximum absolute atomic E-state index is 12.3. The van der Waals surface area contributed by atoms with Crippen molar-refractivity contribution in [1.29, 1.82) is 0 Å². The van der Waals surface area contributed by atoms with Crippen LogP contribution in [-0.4, -0.2) is 49.2 Å². The van der Waals surface area contributed by atoms with E-state index >= 15 is 0 Å². The molecule has 0 radical (unpaired) electrons. The van der Waals surface area contributed by atoms with Gasteiger partial charge in [0.15, 0.2) is 0 Å². The average molecular weight is 284 g/mol. The number of nitrogens with zero attached hydrogens (tertiary/aromatic N) is 1. The van der Waals surface area contributed by atoms with E-state index in [0.717, 1.165) is 45.3 Å². The van der Waals surface area contributed by atoms with Gasteiger partial charge in [-0.15, -0.1) is 0 Å². The highest BCUT2D eigenvalue weighted by Crippen LogP contribution is 2.39. The first-order valence-corrected chi connectivity index (χ1v) is 8.09. The molecule has 0 heterocycles. The van der Waals surface area contributed by atoms with Gasteiger partial charge in [0.25, 0.3) is 0 Å². The lowest BCUT2D eigenvalue weighted by Crippen LogP contribution is -2.55. The van der Waals surface area contributed by atoms with Gasteiger partial charge in [-0.3, -0.25) is 4.79 Å². The van der Waals surface area contributed by atoms with Crippen LogP contribution in [0.25, 0.3) is 0 Å². The van der Waals surface area contributed by atoms with Crippen LogP contribution in [0.3, 0.4) is 0 Å². The topological polar surface area (TPSA) is 41.6 Å². The van der Waals surface area contributed by atoms with Crippen LogP contribution in [0.15, 0.2) is 0 Å². The molecule has 0 aliphatic heterocycles. The average Bonchev–Trinajstić information content (AvgIpc) is 2.83. The van der Waals surface area contributed by atoms with Gasteiger partial charge in [-0.2, -0.15) is 0 Å². The van der Waals surface area contributed by atoms with E-state index in [1.165, 1.54) is 7.11 Å². The summed E-state index contributed by atoms with van der Waals surface area (Å²) in [6.45, 7) is 11.7. The molecule has 118 valence electrons. The molecule has 1 aliphatic carbocycles. The molecule has 1 fully saturated rings. The Morgan fingerprint density at radius 2 is 2.15 bits per heavy atom. The minimum Gasteiger partial charge on any atom is -0.468 e. The molecule has 2 unspecified atom stereocenters. The highest BCUT2D eigenvalue weighted by molar-refractivity contribution is 5.81. The number of rotatable bonds is 8. The molecule has 0 aromatic carbocycles. The molecule has 4 heteroatoms. The molecule has 1 N–H and O–H groups in total. The lowest BCUT2D eigenvalue weighted by atomic mass is 9.84. The lowest BCUT2D eigenvalue weighted by molar-refractivity contribution is -0.150. The van der Waals surface area contributed by atoms with Gasteiger partial charge >= 0.3 is 5.97 Å². The number of esters is 1. The van der Waals surface area contributed by atoms with Crippen molar-refractivity contribution in [1.82, 2.24) is 10.2 Å². The predicted molar refractivity (Wildman–Crippen MR) is 82.8 cm³/mol. The third-order valence-corrected chi connectivity index (χ3v) is 4.76. The lowest BCUT2D eigenvalue weighted by Gasteiger charge is -2.35. The number of likely N-dealkylation sites (N-methyl/N-ethyl adjacent to an activating group) is 1. The first-order valence-electron chi connectivity index (χ1n) is 8.09. The fraction of sp³-hybridized carbons (Fsp3) is 0.938. The molecule has 1 rings (SSSR count). The van der Waals surface area contributed by atoms with Crippen molar-refractivity contribution < 1.29 is 9.53 Å². The van der Waals surface area contributed by atoms with E-state index in [1.807, 2.05) is 0 Å². The van der Waals surface area contributed by atoms with Crippen molar-refractivity contribution in [3.8, 4) is 0 Å². The van der Waals surface area contributed by atoms with Crippen molar-refractivity contribution >= 4 is 5.97 Å². The second kappa shape index (κ2) is 7.99. The summed E-state index contributed by atoms with van der Waals surface area (Å²) in [5, 5.41) is 3.44. The molecule has 1 aliphatic rings. The number of hydrogen-bond acceptors (Lipinski definition) is 4. The highest BCUT2D eigenvalue weighted by Gasteiger charge is 2.49. The fourth-order valence-electron chi connectivity index (χ4n) is 3.64. The first-order chi connectivity index (χ1) is 9.51. The number of methoxy groups -OCH3 is 1. The highest BCUT2D eigenvalue weighted by atomic mass is 16.5. The smallest absolute Gasteiger partial charge is 0.326 e. The van der Waals surface area contributed by atoms with Gasteiger partial charge in [-0.25, -0.2) is 0 Å². The SMILES string of the molecule is CCNC1(C(=O)OC)CCCC1CCN(CC)C(C)C. The number of ether oxygens (including phenoxy) is 1. The second-order valence-electron chi connectivity index (χ2n) is 6.09. The fourth-order valence-corrected chi connectivity index (χ4v) is 3.64. The van der Waals surface area contributed by atoms with Crippen LogP contribution in [0.4, 0.5) is 0 Å². The van der Waals surface area contributed by atoms with Crippen molar-refractivity contribution in [3.05, 3.63) is 0 Å². The van der Waals surface area contributed by atoms with Gasteiger partial charge in [0.2, 0.25) is 0 Å². The third-order valence-electron chi connectivity index (χ3n) is 4.76. The molecule has 0 spiro atoms. The van der Waals surface area contributed by atoms with Crippen LogP contribution in [0.2, 0.25) is 0 Å². The maximum Gasteiger partial charge on any atom is 0.326 e. The van der Waals surface area contributed by atoms with Crippen LogP contribution in [0.5, 0.6) is 0 Å². The molecular weight excluding hydrogens is 252 g/mol. The van der Waals surface area contributed by atoms with Crippen molar-refractivity contribution in [3.63, 3.8) is 0 Å². The quantitative estimate of drug-likeness (QED) is 0.695. The Hall–Kier alpha value is -0.610. The van der Waals surface area contributed by atoms with E-state index in [9.17, 15) is 4.79 Å². The molecule has 1 saturated carbocycles. The summed E-state index contributed by atoms with van der Waals surface area (Å²) in [6.07, 6.45) is 4.21. The molecule has 0 bridgehead atoms. The van der Waals surface area contributed by atoms with E-state index in [2.05, 4.69) is 37.9 Å². The predicted octanol–water partition coefficient (Wildman–Crippen LogP) is 2.43. The van der Waals surface area contributed by atoms with Crippen LogP contribution in [0.1, 0.15) is 53.4 Å². The molecule has 0 aromatic heterocycles. The van der Waals surface area contributed by atoms with Crippen molar-refractivity contribution in [2.24, 2.45) is 5.92 Å². The van der Waals surface area contributed by atoms with E-state index in [-0.39, 0.29) is 5.97 Å². The Morgan fingerprint density at radius 1 is 1.45 bits per heavy atom. The van der Waals surface area contributed by atoms with Gasteiger partial charge in [0.1, 0.15) is 5.54 Å². The molecular formula is C16H32N2O2. The summed E-state index contributed by atoms with van der Waals surface area (Å²) in [4.78, 5) is 14.8. The molecule has 2 atom stereocenters. The van der Waals surface area contributed by atoms with E-state index in [4.69, 9.17) is 4.74 Å². The Morgan fingerprint density at radius 3 is 2.65 bits per heavy atom. The van der Waals surface area contributed by atoms with Gasteiger partial charge in [0.05, 0.1) is 7.11 Å². The Labute approximate surface area is 124 Å². The summed E-state index contributed by atoms with van der Waals surface area (Å²) < 4.78 is 5.09. The Bertz CT molecular complexity index is 307. The van der Waals surface area contributed by atoms with E-state index in [1.54, 1.807) is 0 Å². The molecule has 4 nitrogen and oxygen atoms in total. The first kappa shape index (κ1) is 17.4. The maximum atomic E-state index is 12.3. The monoisotopic (exact) mass is 284 g/mol. The molecule has 0 aromatic rings. The summed E-state index contributed by atoms with van der Waals surface area (Å²) in [6, 6.07) is 0.563. The number of carbonyl (C=O) groups excluding carboxylic acids is 1. The van der Waals surface area contributed by atoms with Crippen LogP contribution < -0.4 is 5.32 Å². The van der Waals surface area contributed by atoms with Crippen LogP contribution in [-0.2, 0) is 9.53 Å². The number of nitrogens with one attached hydrogen (secondary N) is 1. The van der Waals surface area contributed by atoms with Gasteiger partial charge in [-0.05, 0) is 58.7 Å². The van der Waals surface area contributed by atoms with Crippen LogP contribution >= 0.6 is 0 Å². The zero-order valence-corrected chi connectivity index (χ0v) is 13.9. The minimum atomic E-state index is -0.445. The molecule has 0 amide bonds. The summed E-state index contributed by atoms with van der Waals surface area (Å²) in [5.41, 5.74) is -0.445. The summed E-state index contributed by atoms with van der Waals surface area (Å²) >= 11 is 0. The minimum absolute atomic E-state index is 0.0746. The molecule has 0 saturated heterocycles. The van der Waals surface area contributed by atoms with Gasteiger partial charge in [-0.1, -0.05) is 20.3 Å². The zero-order chi connectivity index (χ0) is 15.2.